The predicted molar refractivity (Wildman–Crippen MR) is 86.1 cm³/mol. The first-order valence-corrected chi connectivity index (χ1v) is 8.84. The van der Waals surface area contributed by atoms with Gasteiger partial charge in [0.15, 0.2) is 0 Å². The Labute approximate surface area is 133 Å². The van der Waals surface area contributed by atoms with Gasteiger partial charge in [0.1, 0.15) is 0 Å². The highest BCUT2D eigenvalue weighted by molar-refractivity contribution is 7.89. The Morgan fingerprint density at radius 1 is 1.38 bits per heavy atom. The van der Waals surface area contributed by atoms with Gasteiger partial charge in [-0.05, 0) is 31.5 Å². The molecule has 0 fully saturated rings. The van der Waals surface area contributed by atoms with E-state index >= 15 is 0 Å². The van der Waals surface area contributed by atoms with E-state index in [0.29, 0.717) is 16.3 Å². The standard InChI is InChI=1S/C13H16ClN3O2S2/c1-8-11(15)4-10(14)5-13(8)21(18,19)17(3)6-12-9(2)16-7-20-12/h4-5,7H,6,15H2,1-3H3. The fraction of sp³-hybridized carbons (Fsp3) is 0.308. The maximum atomic E-state index is 12.7. The van der Waals surface area contributed by atoms with Crippen molar-refractivity contribution in [1.29, 1.82) is 0 Å². The van der Waals surface area contributed by atoms with Crippen LogP contribution in [-0.4, -0.2) is 24.8 Å². The molecule has 0 saturated carbocycles. The molecule has 2 aromatic rings. The number of aromatic nitrogens is 1. The van der Waals surface area contributed by atoms with Crippen molar-refractivity contribution < 1.29 is 8.42 Å². The molecule has 0 atom stereocenters. The number of halogens is 1. The largest absolute Gasteiger partial charge is 0.398 e. The quantitative estimate of drug-likeness (QED) is 0.864. The molecule has 0 radical (unpaired) electrons. The number of nitrogens with two attached hydrogens (primary N) is 1. The van der Waals surface area contributed by atoms with Crippen molar-refractivity contribution in [1.82, 2.24) is 9.29 Å². The molecule has 2 N–H and O–H groups in total. The summed E-state index contributed by atoms with van der Waals surface area (Å²) < 4.78 is 26.7. The molecule has 5 nitrogen and oxygen atoms in total. The highest BCUT2D eigenvalue weighted by atomic mass is 35.5. The lowest BCUT2D eigenvalue weighted by molar-refractivity contribution is 0.468. The first-order valence-electron chi connectivity index (χ1n) is 6.14. The van der Waals surface area contributed by atoms with Gasteiger partial charge in [-0.25, -0.2) is 13.4 Å². The summed E-state index contributed by atoms with van der Waals surface area (Å²) in [5.41, 5.74) is 9.21. The number of nitrogen functional groups attached to an aromatic ring is 1. The molecule has 0 aliphatic heterocycles. The molecule has 114 valence electrons. The summed E-state index contributed by atoms with van der Waals surface area (Å²) in [6, 6.07) is 2.97. The minimum absolute atomic E-state index is 0.136. The summed E-state index contributed by atoms with van der Waals surface area (Å²) in [5.74, 6) is 0. The molecule has 0 aliphatic rings. The number of anilines is 1. The zero-order chi connectivity index (χ0) is 15.8. The summed E-state index contributed by atoms with van der Waals surface area (Å²) in [6.45, 7) is 3.80. The van der Waals surface area contributed by atoms with Crippen molar-refractivity contribution in [2.45, 2.75) is 25.3 Å². The van der Waals surface area contributed by atoms with Crippen LogP contribution in [0.3, 0.4) is 0 Å². The number of benzene rings is 1. The Morgan fingerprint density at radius 3 is 2.62 bits per heavy atom. The third-order valence-electron chi connectivity index (χ3n) is 3.26. The summed E-state index contributed by atoms with van der Waals surface area (Å²) >= 11 is 7.36. The Morgan fingerprint density at radius 2 is 2.05 bits per heavy atom. The van der Waals surface area contributed by atoms with Crippen molar-refractivity contribution in [2.24, 2.45) is 0 Å². The average molecular weight is 346 g/mol. The number of hydrogen-bond donors (Lipinski definition) is 1. The van der Waals surface area contributed by atoms with Crippen LogP contribution in [0.15, 0.2) is 22.5 Å². The highest BCUT2D eigenvalue weighted by Gasteiger charge is 2.25. The van der Waals surface area contributed by atoms with Crippen LogP contribution in [0, 0.1) is 13.8 Å². The molecule has 0 unspecified atom stereocenters. The van der Waals surface area contributed by atoms with E-state index in [9.17, 15) is 8.42 Å². The number of hydrogen-bond acceptors (Lipinski definition) is 5. The second-order valence-corrected chi connectivity index (χ2v) is 8.13. The van der Waals surface area contributed by atoms with E-state index in [1.807, 2.05) is 6.92 Å². The van der Waals surface area contributed by atoms with E-state index in [4.69, 9.17) is 17.3 Å². The average Bonchev–Trinajstić information content (AvgIpc) is 2.79. The lowest BCUT2D eigenvalue weighted by atomic mass is 10.2. The number of aryl methyl sites for hydroxylation is 1. The van der Waals surface area contributed by atoms with Crippen LogP contribution in [0.5, 0.6) is 0 Å². The first kappa shape index (κ1) is 16.2. The van der Waals surface area contributed by atoms with Gasteiger partial charge in [0.05, 0.1) is 16.1 Å². The van der Waals surface area contributed by atoms with Crippen molar-refractivity contribution in [2.75, 3.05) is 12.8 Å². The van der Waals surface area contributed by atoms with Crippen LogP contribution in [0.1, 0.15) is 16.1 Å². The Kier molecular flexibility index (Phi) is 4.57. The van der Waals surface area contributed by atoms with Crippen LogP contribution in [0.25, 0.3) is 0 Å². The number of sulfonamides is 1. The van der Waals surface area contributed by atoms with E-state index in [2.05, 4.69) is 4.98 Å². The maximum Gasteiger partial charge on any atom is 0.243 e. The molecule has 0 spiro atoms. The zero-order valence-corrected chi connectivity index (χ0v) is 14.3. The Bertz CT molecular complexity index is 772. The van der Waals surface area contributed by atoms with Crippen molar-refractivity contribution in [3.63, 3.8) is 0 Å². The number of rotatable bonds is 4. The third-order valence-corrected chi connectivity index (χ3v) is 6.33. The number of thiazole rings is 1. The minimum Gasteiger partial charge on any atom is -0.398 e. The molecule has 21 heavy (non-hydrogen) atoms. The highest BCUT2D eigenvalue weighted by Crippen LogP contribution is 2.29. The van der Waals surface area contributed by atoms with Gasteiger partial charge in [-0.2, -0.15) is 4.31 Å². The van der Waals surface area contributed by atoms with E-state index in [1.54, 1.807) is 18.5 Å². The molecule has 8 heteroatoms. The van der Waals surface area contributed by atoms with Gasteiger partial charge in [0.2, 0.25) is 10.0 Å². The molecule has 1 aromatic carbocycles. The fourth-order valence-electron chi connectivity index (χ4n) is 1.88. The maximum absolute atomic E-state index is 12.7. The summed E-state index contributed by atoms with van der Waals surface area (Å²) in [4.78, 5) is 5.17. The predicted octanol–water partition coefficient (Wildman–Crippen LogP) is 2.82. The van der Waals surface area contributed by atoms with Gasteiger partial charge < -0.3 is 5.73 Å². The van der Waals surface area contributed by atoms with Gasteiger partial charge in [0.25, 0.3) is 0 Å². The zero-order valence-electron chi connectivity index (χ0n) is 11.9. The van der Waals surface area contributed by atoms with E-state index in [0.717, 1.165) is 10.6 Å². The smallest absolute Gasteiger partial charge is 0.243 e. The lowest BCUT2D eigenvalue weighted by Gasteiger charge is -2.19. The molecular formula is C13H16ClN3O2S2. The van der Waals surface area contributed by atoms with Crippen molar-refractivity contribution in [3.05, 3.63) is 38.8 Å². The number of nitrogens with zero attached hydrogens (tertiary/aromatic N) is 2. The molecule has 0 saturated heterocycles. The minimum atomic E-state index is -3.66. The molecular weight excluding hydrogens is 330 g/mol. The molecule has 1 heterocycles. The molecule has 0 aliphatic carbocycles. The summed E-state index contributed by atoms with van der Waals surface area (Å²) in [5, 5.41) is 0.305. The second kappa shape index (κ2) is 5.92. The van der Waals surface area contributed by atoms with Crippen LogP contribution in [0.2, 0.25) is 5.02 Å². The van der Waals surface area contributed by atoms with Crippen molar-refractivity contribution >= 4 is 38.6 Å². The third kappa shape index (κ3) is 3.21. The summed E-state index contributed by atoms with van der Waals surface area (Å²) in [6.07, 6.45) is 0. The topological polar surface area (TPSA) is 76.3 Å². The Balaban J connectivity index is 2.40. The molecule has 0 bridgehead atoms. The SMILES string of the molecule is Cc1ncsc1CN(C)S(=O)(=O)c1cc(Cl)cc(N)c1C. The first-order chi connectivity index (χ1) is 9.73. The van der Waals surface area contributed by atoms with Crippen LogP contribution >= 0.6 is 22.9 Å². The Hall–Kier alpha value is -1.15. The van der Waals surface area contributed by atoms with Crippen LogP contribution in [-0.2, 0) is 16.6 Å². The molecule has 0 amide bonds. The normalized spacial score (nSPS) is 12.0. The molecule has 1 aromatic heterocycles. The van der Waals surface area contributed by atoms with Crippen LogP contribution < -0.4 is 5.73 Å². The van der Waals surface area contributed by atoms with Gasteiger partial charge in [0, 0.05) is 29.2 Å². The van der Waals surface area contributed by atoms with Crippen LogP contribution in [0.4, 0.5) is 5.69 Å². The van der Waals surface area contributed by atoms with E-state index < -0.39 is 10.0 Å². The fourth-order valence-corrected chi connectivity index (χ4v) is 4.49. The lowest BCUT2D eigenvalue weighted by Crippen LogP contribution is -2.27. The molecule has 2 rings (SSSR count). The van der Waals surface area contributed by atoms with Gasteiger partial charge in [-0.1, -0.05) is 11.6 Å². The second-order valence-electron chi connectivity index (χ2n) is 4.74. The summed E-state index contributed by atoms with van der Waals surface area (Å²) in [7, 11) is -2.13. The van der Waals surface area contributed by atoms with Gasteiger partial charge >= 0.3 is 0 Å². The van der Waals surface area contributed by atoms with Crippen molar-refractivity contribution in [3.8, 4) is 0 Å². The van der Waals surface area contributed by atoms with E-state index in [-0.39, 0.29) is 11.4 Å². The van der Waals surface area contributed by atoms with E-state index in [1.165, 1.54) is 28.8 Å². The van der Waals surface area contributed by atoms with Gasteiger partial charge in [-0.3, -0.25) is 0 Å². The van der Waals surface area contributed by atoms with Gasteiger partial charge in [-0.15, -0.1) is 11.3 Å². The monoisotopic (exact) mass is 345 g/mol.